The highest BCUT2D eigenvalue weighted by Gasteiger charge is 2.34. The molecule has 1 aliphatic carbocycles. The molecular weight excluding hydrogens is 260 g/mol. The van der Waals surface area contributed by atoms with E-state index in [1.54, 1.807) is 7.11 Å². The molecule has 0 amide bonds. The molecule has 1 fully saturated rings. The summed E-state index contributed by atoms with van der Waals surface area (Å²) in [7, 11) is 4.08. The maximum absolute atomic E-state index is 5.16. The zero-order valence-electron chi connectivity index (χ0n) is 15.1. The largest absolute Gasteiger partial charge is 0.383 e. The molecule has 1 atom stereocenters. The SMILES string of the molecule is CCC(C)CN(C)CC1(CNCCOC)CCC(C)CC1. The smallest absolute Gasteiger partial charge is 0.0587 e. The first-order valence-corrected chi connectivity index (χ1v) is 8.89. The maximum Gasteiger partial charge on any atom is 0.0587 e. The fourth-order valence-corrected chi connectivity index (χ4v) is 3.59. The van der Waals surface area contributed by atoms with Gasteiger partial charge in [-0.3, -0.25) is 0 Å². The minimum absolute atomic E-state index is 0.475. The minimum Gasteiger partial charge on any atom is -0.383 e. The molecule has 0 spiro atoms. The van der Waals surface area contributed by atoms with Gasteiger partial charge in [0.05, 0.1) is 6.61 Å². The van der Waals surface area contributed by atoms with Crippen LogP contribution in [0.15, 0.2) is 0 Å². The van der Waals surface area contributed by atoms with Crippen molar-refractivity contribution in [3.8, 4) is 0 Å². The van der Waals surface area contributed by atoms with Gasteiger partial charge in [0.25, 0.3) is 0 Å². The van der Waals surface area contributed by atoms with Crippen LogP contribution in [-0.4, -0.2) is 51.8 Å². The predicted molar refractivity (Wildman–Crippen MR) is 91.8 cm³/mol. The van der Waals surface area contributed by atoms with Gasteiger partial charge in [0.1, 0.15) is 0 Å². The van der Waals surface area contributed by atoms with Crippen molar-refractivity contribution < 1.29 is 4.74 Å². The molecule has 0 aromatic rings. The van der Waals surface area contributed by atoms with Gasteiger partial charge in [-0.25, -0.2) is 0 Å². The van der Waals surface area contributed by atoms with E-state index in [9.17, 15) is 0 Å². The molecule has 0 aliphatic heterocycles. The Morgan fingerprint density at radius 2 is 2.00 bits per heavy atom. The number of ether oxygens (including phenoxy) is 1. The second kappa shape index (κ2) is 9.81. The molecule has 0 radical (unpaired) electrons. The molecule has 0 aromatic carbocycles. The molecule has 1 rings (SSSR count). The Labute approximate surface area is 132 Å². The molecule has 3 nitrogen and oxygen atoms in total. The van der Waals surface area contributed by atoms with Crippen molar-refractivity contribution in [3.05, 3.63) is 0 Å². The number of hydrogen-bond donors (Lipinski definition) is 1. The van der Waals surface area contributed by atoms with Gasteiger partial charge in [0, 0.05) is 33.3 Å². The van der Waals surface area contributed by atoms with E-state index in [0.717, 1.165) is 31.5 Å². The summed E-state index contributed by atoms with van der Waals surface area (Å²) in [5, 5.41) is 3.63. The Bertz CT molecular complexity index is 262. The molecule has 0 aromatic heterocycles. The quantitative estimate of drug-likeness (QED) is 0.626. The van der Waals surface area contributed by atoms with Crippen LogP contribution in [0, 0.1) is 17.3 Å². The van der Waals surface area contributed by atoms with E-state index in [-0.39, 0.29) is 0 Å². The standard InChI is InChI=1S/C18H38N2O/c1-6-16(2)13-20(4)15-18(14-19-11-12-21-5)9-7-17(3)8-10-18/h16-17,19H,6-15H2,1-5H3. The zero-order valence-corrected chi connectivity index (χ0v) is 15.1. The lowest BCUT2D eigenvalue weighted by molar-refractivity contribution is 0.0894. The van der Waals surface area contributed by atoms with E-state index in [4.69, 9.17) is 4.74 Å². The van der Waals surface area contributed by atoms with E-state index in [1.165, 1.54) is 45.2 Å². The monoisotopic (exact) mass is 298 g/mol. The van der Waals surface area contributed by atoms with Crippen LogP contribution >= 0.6 is 0 Å². The number of nitrogens with one attached hydrogen (secondary N) is 1. The van der Waals surface area contributed by atoms with Crippen LogP contribution in [-0.2, 0) is 4.74 Å². The van der Waals surface area contributed by atoms with E-state index < -0.39 is 0 Å². The number of nitrogens with zero attached hydrogens (tertiary/aromatic N) is 1. The Balaban J connectivity index is 2.51. The topological polar surface area (TPSA) is 24.5 Å². The Morgan fingerprint density at radius 1 is 1.33 bits per heavy atom. The van der Waals surface area contributed by atoms with Crippen molar-refractivity contribution in [1.29, 1.82) is 0 Å². The van der Waals surface area contributed by atoms with Gasteiger partial charge in [-0.15, -0.1) is 0 Å². The molecule has 0 heterocycles. The van der Waals surface area contributed by atoms with Crippen LogP contribution in [0.4, 0.5) is 0 Å². The highest BCUT2D eigenvalue weighted by atomic mass is 16.5. The molecule has 21 heavy (non-hydrogen) atoms. The van der Waals surface area contributed by atoms with Gasteiger partial charge in [-0.05, 0) is 37.1 Å². The normalized spacial score (nSPS) is 28.0. The van der Waals surface area contributed by atoms with Gasteiger partial charge in [0.15, 0.2) is 0 Å². The second-order valence-electron chi connectivity index (χ2n) is 7.56. The summed E-state index contributed by atoms with van der Waals surface area (Å²) in [5.41, 5.74) is 0.475. The molecule has 1 saturated carbocycles. The highest BCUT2D eigenvalue weighted by Crippen LogP contribution is 2.39. The first-order valence-electron chi connectivity index (χ1n) is 8.89. The number of rotatable bonds is 10. The molecule has 1 aliphatic rings. The van der Waals surface area contributed by atoms with Gasteiger partial charge in [-0.1, -0.05) is 40.0 Å². The molecule has 0 bridgehead atoms. The summed E-state index contributed by atoms with van der Waals surface area (Å²) < 4.78 is 5.16. The molecule has 126 valence electrons. The summed E-state index contributed by atoms with van der Waals surface area (Å²) in [5.74, 6) is 1.72. The third-order valence-electron chi connectivity index (χ3n) is 5.24. The van der Waals surface area contributed by atoms with E-state index in [0.29, 0.717) is 5.41 Å². The lowest BCUT2D eigenvalue weighted by Crippen LogP contribution is -2.46. The van der Waals surface area contributed by atoms with Crippen LogP contribution in [0.1, 0.15) is 52.9 Å². The van der Waals surface area contributed by atoms with Gasteiger partial charge >= 0.3 is 0 Å². The first kappa shape index (κ1) is 18.9. The van der Waals surface area contributed by atoms with E-state index in [1.807, 2.05) is 0 Å². The number of methoxy groups -OCH3 is 1. The van der Waals surface area contributed by atoms with Crippen LogP contribution in [0.25, 0.3) is 0 Å². The molecule has 0 saturated heterocycles. The van der Waals surface area contributed by atoms with Gasteiger partial charge in [0.2, 0.25) is 0 Å². The van der Waals surface area contributed by atoms with Crippen molar-refractivity contribution in [1.82, 2.24) is 10.2 Å². The van der Waals surface area contributed by atoms with Crippen LogP contribution in [0.5, 0.6) is 0 Å². The lowest BCUT2D eigenvalue weighted by Gasteiger charge is -2.42. The number of hydrogen-bond acceptors (Lipinski definition) is 3. The molecule has 3 heteroatoms. The van der Waals surface area contributed by atoms with Crippen molar-refractivity contribution in [3.63, 3.8) is 0 Å². The fourth-order valence-electron chi connectivity index (χ4n) is 3.59. The Morgan fingerprint density at radius 3 is 2.57 bits per heavy atom. The van der Waals surface area contributed by atoms with Crippen molar-refractivity contribution in [2.45, 2.75) is 52.9 Å². The van der Waals surface area contributed by atoms with Crippen molar-refractivity contribution in [2.24, 2.45) is 17.3 Å². The maximum atomic E-state index is 5.16. The van der Waals surface area contributed by atoms with Gasteiger partial charge < -0.3 is 15.0 Å². The second-order valence-corrected chi connectivity index (χ2v) is 7.56. The summed E-state index contributed by atoms with van der Waals surface area (Å²) in [6.45, 7) is 12.5. The van der Waals surface area contributed by atoms with E-state index >= 15 is 0 Å². The summed E-state index contributed by atoms with van der Waals surface area (Å²) in [4.78, 5) is 2.57. The lowest BCUT2D eigenvalue weighted by atomic mass is 9.70. The van der Waals surface area contributed by atoms with E-state index in [2.05, 4.69) is 38.0 Å². The predicted octanol–water partition coefficient (Wildman–Crippen LogP) is 3.40. The van der Waals surface area contributed by atoms with Crippen LogP contribution in [0.3, 0.4) is 0 Å². The Kier molecular flexibility index (Phi) is 8.84. The first-order chi connectivity index (χ1) is 10.0. The van der Waals surface area contributed by atoms with Crippen molar-refractivity contribution >= 4 is 0 Å². The minimum atomic E-state index is 0.475. The molecular formula is C18H38N2O. The summed E-state index contributed by atoms with van der Waals surface area (Å²) in [6, 6.07) is 0. The highest BCUT2D eigenvalue weighted by molar-refractivity contribution is 4.89. The third-order valence-corrected chi connectivity index (χ3v) is 5.24. The summed E-state index contributed by atoms with van der Waals surface area (Å²) >= 11 is 0. The molecule has 1 N–H and O–H groups in total. The van der Waals surface area contributed by atoms with Crippen molar-refractivity contribution in [2.75, 3.05) is 46.9 Å². The van der Waals surface area contributed by atoms with Gasteiger partial charge in [-0.2, -0.15) is 0 Å². The zero-order chi connectivity index (χ0) is 15.7. The summed E-state index contributed by atoms with van der Waals surface area (Å²) in [6.07, 6.45) is 6.81. The average Bonchev–Trinajstić information content (AvgIpc) is 2.46. The fraction of sp³-hybridized carbons (Fsp3) is 1.00. The average molecular weight is 299 g/mol. The third kappa shape index (κ3) is 7.12. The van der Waals surface area contributed by atoms with Crippen LogP contribution in [0.2, 0.25) is 0 Å². The molecule has 1 unspecified atom stereocenters. The Hall–Kier alpha value is -0.120. The van der Waals surface area contributed by atoms with Crippen LogP contribution < -0.4 is 5.32 Å².